The summed E-state index contributed by atoms with van der Waals surface area (Å²) in [5.41, 5.74) is 1.80. The van der Waals surface area contributed by atoms with Gasteiger partial charge in [-0.2, -0.15) is 0 Å². The minimum atomic E-state index is -1.12. The average Bonchev–Trinajstić information content (AvgIpc) is 2.96. The fourth-order valence-electron chi connectivity index (χ4n) is 2.15. The molecule has 0 aliphatic rings. The Morgan fingerprint density at radius 2 is 1.92 bits per heavy atom. The second-order valence-corrected chi connectivity index (χ2v) is 6.38. The number of carbonyl (C=O) groups is 2. The molecule has 2 N–H and O–H groups in total. The van der Waals surface area contributed by atoms with Gasteiger partial charge >= 0.3 is 0 Å². The van der Waals surface area contributed by atoms with Gasteiger partial charge in [0.2, 0.25) is 5.91 Å². The molecular formula is C17H13F2N3O2S. The molecule has 1 aromatic heterocycles. The van der Waals surface area contributed by atoms with Crippen molar-refractivity contribution in [3.8, 4) is 0 Å². The van der Waals surface area contributed by atoms with Gasteiger partial charge in [0.25, 0.3) is 5.91 Å². The van der Waals surface area contributed by atoms with E-state index in [1.54, 1.807) is 0 Å². The van der Waals surface area contributed by atoms with E-state index >= 15 is 0 Å². The first-order valence-electron chi connectivity index (χ1n) is 7.32. The SMILES string of the molecule is Cc1ccc2nc(NC(=O)CNC(=O)c3ccc(F)c(F)c3)sc2c1. The van der Waals surface area contributed by atoms with E-state index in [1.165, 1.54) is 11.3 Å². The van der Waals surface area contributed by atoms with E-state index in [1.807, 2.05) is 25.1 Å². The average molecular weight is 361 g/mol. The molecule has 0 aliphatic heterocycles. The quantitative estimate of drug-likeness (QED) is 0.749. The Morgan fingerprint density at radius 3 is 2.68 bits per heavy atom. The summed E-state index contributed by atoms with van der Waals surface area (Å²) in [6.07, 6.45) is 0. The van der Waals surface area contributed by atoms with E-state index in [2.05, 4.69) is 15.6 Å². The van der Waals surface area contributed by atoms with Crippen molar-refractivity contribution in [2.75, 3.05) is 11.9 Å². The number of halogens is 2. The molecule has 0 bridgehead atoms. The maximum Gasteiger partial charge on any atom is 0.251 e. The maximum absolute atomic E-state index is 13.1. The van der Waals surface area contributed by atoms with Crippen LogP contribution in [0.2, 0.25) is 0 Å². The first-order chi connectivity index (χ1) is 11.9. The molecule has 0 radical (unpaired) electrons. The number of nitrogens with one attached hydrogen (secondary N) is 2. The predicted molar refractivity (Wildman–Crippen MR) is 91.7 cm³/mol. The van der Waals surface area contributed by atoms with Gasteiger partial charge in [-0.15, -0.1) is 0 Å². The summed E-state index contributed by atoms with van der Waals surface area (Å²) in [7, 11) is 0. The Morgan fingerprint density at radius 1 is 1.12 bits per heavy atom. The van der Waals surface area contributed by atoms with E-state index in [0.29, 0.717) is 5.13 Å². The zero-order valence-corrected chi connectivity index (χ0v) is 13.9. The second kappa shape index (κ2) is 6.94. The summed E-state index contributed by atoms with van der Waals surface area (Å²) in [6, 6.07) is 8.53. The van der Waals surface area contributed by atoms with Gasteiger partial charge in [0.1, 0.15) is 0 Å². The molecule has 0 spiro atoms. The van der Waals surface area contributed by atoms with Crippen LogP contribution >= 0.6 is 11.3 Å². The zero-order valence-electron chi connectivity index (χ0n) is 13.1. The molecule has 0 fully saturated rings. The molecule has 25 heavy (non-hydrogen) atoms. The largest absolute Gasteiger partial charge is 0.343 e. The van der Waals surface area contributed by atoms with Crippen LogP contribution in [0.4, 0.5) is 13.9 Å². The monoisotopic (exact) mass is 361 g/mol. The van der Waals surface area contributed by atoms with Crippen LogP contribution in [0, 0.1) is 18.6 Å². The molecule has 5 nitrogen and oxygen atoms in total. The number of amides is 2. The van der Waals surface area contributed by atoms with Gasteiger partial charge < -0.3 is 10.6 Å². The highest BCUT2D eigenvalue weighted by atomic mass is 32.1. The van der Waals surface area contributed by atoms with Gasteiger partial charge in [-0.1, -0.05) is 17.4 Å². The predicted octanol–water partition coefficient (Wildman–Crippen LogP) is 3.25. The third-order valence-corrected chi connectivity index (χ3v) is 4.32. The number of hydrogen-bond donors (Lipinski definition) is 2. The minimum absolute atomic E-state index is 0.0674. The lowest BCUT2D eigenvalue weighted by molar-refractivity contribution is -0.115. The lowest BCUT2D eigenvalue weighted by atomic mass is 10.2. The van der Waals surface area contributed by atoms with Crippen molar-refractivity contribution in [1.29, 1.82) is 0 Å². The van der Waals surface area contributed by atoms with E-state index in [0.717, 1.165) is 34.0 Å². The molecule has 0 unspecified atom stereocenters. The van der Waals surface area contributed by atoms with Gasteiger partial charge in [0.05, 0.1) is 16.8 Å². The van der Waals surface area contributed by atoms with Gasteiger partial charge in [-0.05, 0) is 42.8 Å². The van der Waals surface area contributed by atoms with Crippen molar-refractivity contribution >= 4 is 38.5 Å². The third kappa shape index (κ3) is 3.97. The van der Waals surface area contributed by atoms with Gasteiger partial charge in [0.15, 0.2) is 16.8 Å². The smallest absolute Gasteiger partial charge is 0.251 e. The summed E-state index contributed by atoms with van der Waals surface area (Å²) < 4.78 is 26.9. The van der Waals surface area contributed by atoms with Gasteiger partial charge in [-0.3, -0.25) is 9.59 Å². The summed E-state index contributed by atoms with van der Waals surface area (Å²) in [4.78, 5) is 28.1. The lowest BCUT2D eigenvalue weighted by Crippen LogP contribution is -2.32. The Kier molecular flexibility index (Phi) is 4.71. The molecule has 1 heterocycles. The van der Waals surface area contributed by atoms with E-state index < -0.39 is 23.4 Å². The first-order valence-corrected chi connectivity index (χ1v) is 8.14. The molecular weight excluding hydrogens is 348 g/mol. The van der Waals surface area contributed by atoms with Crippen LogP contribution < -0.4 is 10.6 Å². The Balaban J connectivity index is 1.59. The van der Waals surface area contributed by atoms with Crippen molar-refractivity contribution < 1.29 is 18.4 Å². The van der Waals surface area contributed by atoms with E-state index in [4.69, 9.17) is 0 Å². The van der Waals surface area contributed by atoms with Crippen molar-refractivity contribution in [3.63, 3.8) is 0 Å². The molecule has 0 saturated heterocycles. The molecule has 3 rings (SSSR count). The molecule has 2 amide bonds. The zero-order chi connectivity index (χ0) is 18.0. The van der Waals surface area contributed by atoms with Crippen LogP contribution in [0.5, 0.6) is 0 Å². The number of fused-ring (bicyclic) bond motifs is 1. The fourth-order valence-corrected chi connectivity index (χ4v) is 3.13. The third-order valence-electron chi connectivity index (χ3n) is 3.38. The van der Waals surface area contributed by atoms with Crippen molar-refractivity contribution in [2.45, 2.75) is 6.92 Å². The highest BCUT2D eigenvalue weighted by Crippen LogP contribution is 2.26. The van der Waals surface area contributed by atoms with Crippen LogP contribution in [-0.4, -0.2) is 23.3 Å². The molecule has 0 saturated carbocycles. The van der Waals surface area contributed by atoms with Crippen LogP contribution in [0.25, 0.3) is 10.2 Å². The van der Waals surface area contributed by atoms with Crippen molar-refractivity contribution in [1.82, 2.24) is 10.3 Å². The number of aromatic nitrogens is 1. The van der Waals surface area contributed by atoms with Gasteiger partial charge in [0, 0.05) is 5.56 Å². The summed E-state index contributed by atoms with van der Waals surface area (Å²) in [6.45, 7) is 1.65. The molecule has 0 aliphatic carbocycles. The number of anilines is 1. The summed E-state index contributed by atoms with van der Waals surface area (Å²) in [5, 5.41) is 5.37. The second-order valence-electron chi connectivity index (χ2n) is 5.35. The number of carbonyl (C=O) groups excluding carboxylic acids is 2. The summed E-state index contributed by atoms with van der Waals surface area (Å²) in [5.74, 6) is -3.30. The molecule has 3 aromatic rings. The van der Waals surface area contributed by atoms with E-state index in [-0.39, 0.29) is 12.1 Å². The van der Waals surface area contributed by atoms with Crippen LogP contribution in [0.15, 0.2) is 36.4 Å². The van der Waals surface area contributed by atoms with Crippen LogP contribution in [0.3, 0.4) is 0 Å². The normalized spacial score (nSPS) is 10.7. The molecule has 8 heteroatoms. The van der Waals surface area contributed by atoms with Crippen LogP contribution in [-0.2, 0) is 4.79 Å². The molecule has 128 valence electrons. The van der Waals surface area contributed by atoms with Crippen molar-refractivity contribution in [2.24, 2.45) is 0 Å². The number of benzene rings is 2. The summed E-state index contributed by atoms with van der Waals surface area (Å²) >= 11 is 1.33. The lowest BCUT2D eigenvalue weighted by Gasteiger charge is -2.05. The molecule has 2 aromatic carbocycles. The van der Waals surface area contributed by atoms with Crippen molar-refractivity contribution in [3.05, 3.63) is 59.2 Å². The highest BCUT2D eigenvalue weighted by molar-refractivity contribution is 7.22. The Bertz CT molecular complexity index is 972. The number of nitrogens with zero attached hydrogens (tertiary/aromatic N) is 1. The Labute approximate surface area is 145 Å². The Hall–Kier alpha value is -2.87. The number of rotatable bonds is 4. The standard InChI is InChI=1S/C17H13F2N3O2S/c1-9-2-5-13-14(6-9)25-17(21-13)22-15(23)8-20-16(24)10-3-4-11(18)12(19)7-10/h2-7H,8H2,1H3,(H,20,24)(H,21,22,23). The van der Waals surface area contributed by atoms with Gasteiger partial charge in [-0.25, -0.2) is 13.8 Å². The number of aryl methyl sites for hydroxylation is 1. The number of thiazole rings is 1. The fraction of sp³-hybridized carbons (Fsp3) is 0.118. The molecule has 0 atom stereocenters. The first kappa shape index (κ1) is 17.0. The maximum atomic E-state index is 13.1. The number of hydrogen-bond acceptors (Lipinski definition) is 4. The highest BCUT2D eigenvalue weighted by Gasteiger charge is 2.12. The topological polar surface area (TPSA) is 71.1 Å². The van der Waals surface area contributed by atoms with E-state index in [9.17, 15) is 18.4 Å². The van der Waals surface area contributed by atoms with Crippen LogP contribution in [0.1, 0.15) is 15.9 Å². The minimum Gasteiger partial charge on any atom is -0.343 e.